The minimum absolute atomic E-state index is 0.142. The summed E-state index contributed by atoms with van der Waals surface area (Å²) in [5, 5.41) is 0.500. The van der Waals surface area contributed by atoms with Gasteiger partial charge in [0, 0.05) is 24.2 Å². The number of nitrogens with one attached hydrogen (secondary N) is 1. The van der Waals surface area contributed by atoms with Crippen LogP contribution in [-0.4, -0.2) is 44.1 Å². The summed E-state index contributed by atoms with van der Waals surface area (Å²) >= 11 is 5.88. The molecule has 0 aromatic heterocycles. The summed E-state index contributed by atoms with van der Waals surface area (Å²) in [6.45, 7) is 6.17. The van der Waals surface area contributed by atoms with Crippen LogP contribution in [0.25, 0.3) is 0 Å². The minimum Gasteiger partial charge on any atom is -0.444 e. The molecule has 8 heteroatoms. The van der Waals surface area contributed by atoms with E-state index in [2.05, 4.69) is 4.72 Å². The lowest BCUT2D eigenvalue weighted by atomic mass is 10.2. The Balaban J connectivity index is 1.91. The van der Waals surface area contributed by atoms with Gasteiger partial charge in [0.1, 0.15) is 5.60 Å². The summed E-state index contributed by atoms with van der Waals surface area (Å²) in [6, 6.07) is 6.45. The zero-order valence-electron chi connectivity index (χ0n) is 14.1. The molecule has 0 bridgehead atoms. The number of hydrogen-bond acceptors (Lipinski definition) is 4. The van der Waals surface area contributed by atoms with Crippen LogP contribution < -0.4 is 4.72 Å². The van der Waals surface area contributed by atoms with Gasteiger partial charge >= 0.3 is 6.09 Å². The maximum atomic E-state index is 12.3. The fourth-order valence-corrected chi connectivity index (χ4v) is 4.11. The van der Waals surface area contributed by atoms with Gasteiger partial charge in [0.05, 0.1) is 5.75 Å². The predicted octanol–water partition coefficient (Wildman–Crippen LogP) is 2.77. The number of ether oxygens (including phenoxy) is 1. The summed E-state index contributed by atoms with van der Waals surface area (Å²) in [5.41, 5.74) is 0.0540. The molecule has 24 heavy (non-hydrogen) atoms. The van der Waals surface area contributed by atoms with Crippen LogP contribution in [0.4, 0.5) is 4.79 Å². The topological polar surface area (TPSA) is 75.7 Å². The zero-order chi connectivity index (χ0) is 18.0. The van der Waals surface area contributed by atoms with Crippen LogP contribution in [0, 0.1) is 0 Å². The molecule has 2 rings (SSSR count). The number of halogens is 1. The monoisotopic (exact) mass is 374 g/mol. The number of benzene rings is 1. The summed E-state index contributed by atoms with van der Waals surface area (Å²) in [7, 11) is -3.51. The van der Waals surface area contributed by atoms with E-state index in [1.54, 1.807) is 45.0 Å². The Labute approximate surface area is 148 Å². The van der Waals surface area contributed by atoms with Crippen molar-refractivity contribution in [2.24, 2.45) is 0 Å². The Bertz CT molecular complexity index is 700. The highest BCUT2D eigenvalue weighted by Gasteiger charge is 2.31. The van der Waals surface area contributed by atoms with Crippen LogP contribution in [-0.2, 0) is 20.5 Å². The van der Waals surface area contributed by atoms with E-state index in [-0.39, 0.29) is 11.8 Å². The molecule has 1 fully saturated rings. The molecule has 1 aliphatic heterocycles. The van der Waals surface area contributed by atoms with E-state index in [4.69, 9.17) is 16.3 Å². The quantitative estimate of drug-likeness (QED) is 0.879. The highest BCUT2D eigenvalue weighted by atomic mass is 35.5. The van der Waals surface area contributed by atoms with Crippen LogP contribution in [0.3, 0.4) is 0 Å². The number of carbonyl (C=O) groups excluding carboxylic acids is 1. The van der Waals surface area contributed by atoms with Gasteiger partial charge in [-0.05, 0) is 44.9 Å². The molecule has 1 heterocycles. The van der Waals surface area contributed by atoms with E-state index in [1.807, 2.05) is 0 Å². The molecule has 0 radical (unpaired) electrons. The van der Waals surface area contributed by atoms with Crippen molar-refractivity contribution in [1.82, 2.24) is 9.62 Å². The van der Waals surface area contributed by atoms with E-state index in [9.17, 15) is 13.2 Å². The van der Waals surface area contributed by atoms with E-state index in [0.717, 1.165) is 0 Å². The molecule has 1 aromatic carbocycles. The molecule has 6 nitrogen and oxygen atoms in total. The molecule has 0 unspecified atom stereocenters. The molecule has 1 aliphatic rings. The van der Waals surface area contributed by atoms with Crippen molar-refractivity contribution in [2.45, 2.75) is 44.6 Å². The second kappa shape index (κ2) is 7.29. The van der Waals surface area contributed by atoms with Gasteiger partial charge in [-0.3, -0.25) is 0 Å². The van der Waals surface area contributed by atoms with Gasteiger partial charge in [-0.2, -0.15) is 0 Å². The molecule has 0 saturated carbocycles. The number of carbonyl (C=O) groups is 1. The van der Waals surface area contributed by atoms with Gasteiger partial charge in [0.2, 0.25) is 10.0 Å². The smallest absolute Gasteiger partial charge is 0.410 e. The van der Waals surface area contributed by atoms with Crippen molar-refractivity contribution in [1.29, 1.82) is 0 Å². The van der Waals surface area contributed by atoms with Crippen molar-refractivity contribution in [3.8, 4) is 0 Å². The van der Waals surface area contributed by atoms with E-state index < -0.39 is 21.7 Å². The third kappa shape index (κ3) is 5.96. The lowest BCUT2D eigenvalue weighted by Crippen LogP contribution is -2.40. The van der Waals surface area contributed by atoms with Crippen LogP contribution >= 0.6 is 11.6 Å². The first-order valence-corrected chi connectivity index (χ1v) is 9.79. The summed E-state index contributed by atoms with van der Waals surface area (Å²) < 4.78 is 32.5. The Morgan fingerprint density at radius 1 is 1.42 bits per heavy atom. The van der Waals surface area contributed by atoms with E-state index in [1.165, 1.54) is 4.90 Å². The minimum atomic E-state index is -3.51. The standard InChI is InChI=1S/C16H23ClN2O4S/c1-16(2,3)23-15(20)19-8-7-14(10-19)18-24(21,22)11-12-5-4-6-13(17)9-12/h4-6,9,14,18H,7-8,10-11H2,1-3H3/t14-/m1/s1. The first-order chi connectivity index (χ1) is 11.0. The van der Waals surface area contributed by atoms with Crippen molar-refractivity contribution in [2.75, 3.05) is 13.1 Å². The first kappa shape index (κ1) is 19.0. The number of hydrogen-bond donors (Lipinski definition) is 1. The summed E-state index contributed by atoms with van der Waals surface area (Å²) in [4.78, 5) is 13.5. The molecular formula is C16H23ClN2O4S. The number of nitrogens with zero attached hydrogens (tertiary/aromatic N) is 1. The van der Waals surface area contributed by atoms with Crippen LogP contribution in [0.5, 0.6) is 0 Å². The van der Waals surface area contributed by atoms with Gasteiger partial charge < -0.3 is 9.64 Å². The number of likely N-dealkylation sites (tertiary alicyclic amines) is 1. The number of sulfonamides is 1. The Kier molecular flexibility index (Phi) is 5.78. The Hall–Kier alpha value is -1.31. The molecule has 1 amide bonds. The van der Waals surface area contributed by atoms with Gasteiger partial charge in [-0.25, -0.2) is 17.9 Å². The maximum absolute atomic E-state index is 12.3. The number of rotatable bonds is 4. The van der Waals surface area contributed by atoms with Gasteiger partial charge in [-0.15, -0.1) is 0 Å². The molecule has 1 aromatic rings. The molecule has 1 N–H and O–H groups in total. The SMILES string of the molecule is CC(C)(C)OC(=O)N1CC[C@@H](NS(=O)(=O)Cc2cccc(Cl)c2)C1. The molecule has 0 aliphatic carbocycles. The molecular weight excluding hydrogens is 352 g/mol. The van der Waals surface area contributed by atoms with E-state index >= 15 is 0 Å². The van der Waals surface area contributed by atoms with Crippen molar-refractivity contribution in [3.05, 3.63) is 34.9 Å². The lowest BCUT2D eigenvalue weighted by Gasteiger charge is -2.24. The Morgan fingerprint density at radius 3 is 2.75 bits per heavy atom. The van der Waals surface area contributed by atoms with Gasteiger partial charge in [0.25, 0.3) is 0 Å². The molecule has 0 spiro atoms. The van der Waals surface area contributed by atoms with Crippen molar-refractivity contribution < 1.29 is 17.9 Å². The van der Waals surface area contributed by atoms with Crippen LogP contribution in [0.2, 0.25) is 5.02 Å². The third-order valence-electron chi connectivity index (χ3n) is 3.43. The van der Waals surface area contributed by atoms with Crippen LogP contribution in [0.15, 0.2) is 24.3 Å². The summed E-state index contributed by atoms with van der Waals surface area (Å²) in [6.07, 6.45) is 0.146. The first-order valence-electron chi connectivity index (χ1n) is 7.76. The lowest BCUT2D eigenvalue weighted by molar-refractivity contribution is 0.0292. The largest absolute Gasteiger partial charge is 0.444 e. The highest BCUT2D eigenvalue weighted by molar-refractivity contribution is 7.88. The second-order valence-corrected chi connectivity index (χ2v) is 9.11. The highest BCUT2D eigenvalue weighted by Crippen LogP contribution is 2.17. The van der Waals surface area contributed by atoms with Gasteiger partial charge in [0.15, 0.2) is 0 Å². The van der Waals surface area contributed by atoms with E-state index in [0.29, 0.717) is 30.1 Å². The average molecular weight is 375 g/mol. The predicted molar refractivity (Wildman–Crippen MR) is 93.4 cm³/mol. The van der Waals surface area contributed by atoms with Crippen LogP contribution in [0.1, 0.15) is 32.8 Å². The second-order valence-electron chi connectivity index (χ2n) is 6.92. The molecule has 1 atom stereocenters. The zero-order valence-corrected chi connectivity index (χ0v) is 15.7. The molecule has 1 saturated heterocycles. The summed E-state index contributed by atoms with van der Waals surface area (Å²) in [5.74, 6) is -0.142. The van der Waals surface area contributed by atoms with Gasteiger partial charge in [-0.1, -0.05) is 23.7 Å². The molecule has 134 valence electrons. The van der Waals surface area contributed by atoms with Crippen molar-refractivity contribution in [3.63, 3.8) is 0 Å². The normalized spacial score (nSPS) is 18.7. The average Bonchev–Trinajstić information content (AvgIpc) is 2.83. The fourth-order valence-electron chi connectivity index (χ4n) is 2.49. The van der Waals surface area contributed by atoms with Crippen molar-refractivity contribution >= 4 is 27.7 Å². The third-order valence-corrected chi connectivity index (χ3v) is 5.07. The number of amides is 1. The maximum Gasteiger partial charge on any atom is 0.410 e. The fraction of sp³-hybridized carbons (Fsp3) is 0.562. The Morgan fingerprint density at radius 2 is 2.12 bits per heavy atom.